The van der Waals surface area contributed by atoms with Crippen molar-refractivity contribution in [2.24, 2.45) is 5.41 Å². The number of rotatable bonds is 3. The minimum Gasteiger partial charge on any atom is -0.342 e. The van der Waals surface area contributed by atoms with Crippen molar-refractivity contribution in [2.75, 3.05) is 38.1 Å². The van der Waals surface area contributed by atoms with Crippen LogP contribution in [0.15, 0.2) is 0 Å². The molecule has 4 heteroatoms. The molecule has 0 aromatic carbocycles. The first-order valence-corrected chi connectivity index (χ1v) is 8.31. The lowest BCUT2D eigenvalue weighted by Crippen LogP contribution is -2.40. The van der Waals surface area contributed by atoms with Gasteiger partial charge in [-0.1, -0.05) is 28.8 Å². The van der Waals surface area contributed by atoms with Gasteiger partial charge in [-0.25, -0.2) is 0 Å². The van der Waals surface area contributed by atoms with Gasteiger partial charge in [0.05, 0.1) is 0 Å². The Balaban J connectivity index is 1.88. The van der Waals surface area contributed by atoms with E-state index in [9.17, 15) is 4.79 Å². The molecular weight excluding hydrogens is 292 g/mol. The van der Waals surface area contributed by atoms with Crippen molar-refractivity contribution in [3.8, 4) is 0 Å². The normalized spacial score (nSPS) is 25.1. The van der Waals surface area contributed by atoms with Crippen molar-refractivity contribution < 1.29 is 4.79 Å². The van der Waals surface area contributed by atoms with Gasteiger partial charge < -0.3 is 9.80 Å². The third-order valence-corrected chi connectivity index (χ3v) is 5.73. The van der Waals surface area contributed by atoms with Gasteiger partial charge in [-0.05, 0) is 31.2 Å². The van der Waals surface area contributed by atoms with Crippen LogP contribution in [0.2, 0.25) is 0 Å². The Labute approximate surface area is 119 Å². The molecule has 1 amide bonds. The van der Waals surface area contributed by atoms with Gasteiger partial charge in [0.25, 0.3) is 0 Å². The van der Waals surface area contributed by atoms with E-state index < -0.39 is 0 Å². The third-order valence-electron chi connectivity index (χ3n) is 4.54. The Morgan fingerprint density at radius 2 is 1.83 bits per heavy atom. The molecule has 0 N–H and O–H groups in total. The summed E-state index contributed by atoms with van der Waals surface area (Å²) in [6.45, 7) is 6.95. The summed E-state index contributed by atoms with van der Waals surface area (Å²) in [7, 11) is 0. The lowest BCUT2D eigenvalue weighted by atomic mass is 9.88. The monoisotopic (exact) mass is 316 g/mol. The summed E-state index contributed by atoms with van der Waals surface area (Å²) in [5, 5.41) is 1.13. The highest BCUT2D eigenvalue weighted by atomic mass is 79.9. The zero-order valence-corrected chi connectivity index (χ0v) is 13.0. The van der Waals surface area contributed by atoms with Gasteiger partial charge in [0.2, 0.25) is 5.91 Å². The smallest absolute Gasteiger partial charge is 0.219 e. The van der Waals surface area contributed by atoms with E-state index in [2.05, 4.69) is 20.8 Å². The standard InChI is InChI=1S/C14H25BrN2O/c1-13(18)17-8-4-7-16(9-10-17)12-14(11-15)5-2-3-6-14/h2-12H2,1H3. The van der Waals surface area contributed by atoms with Crippen molar-refractivity contribution in [1.29, 1.82) is 0 Å². The Kier molecular flexibility index (Phi) is 5.07. The van der Waals surface area contributed by atoms with Crippen LogP contribution in [-0.4, -0.2) is 53.8 Å². The summed E-state index contributed by atoms with van der Waals surface area (Å²) in [5.74, 6) is 0.230. The molecule has 18 heavy (non-hydrogen) atoms. The molecule has 0 atom stereocenters. The van der Waals surface area contributed by atoms with Gasteiger partial charge in [0, 0.05) is 38.4 Å². The number of hydrogen-bond acceptors (Lipinski definition) is 2. The fraction of sp³-hybridized carbons (Fsp3) is 0.929. The van der Waals surface area contributed by atoms with Crippen LogP contribution in [0, 0.1) is 5.41 Å². The lowest BCUT2D eigenvalue weighted by molar-refractivity contribution is -0.128. The molecule has 1 aliphatic carbocycles. The van der Waals surface area contributed by atoms with Crippen LogP contribution >= 0.6 is 15.9 Å². The Hall–Kier alpha value is -0.0900. The van der Waals surface area contributed by atoms with E-state index in [1.54, 1.807) is 6.92 Å². The summed E-state index contributed by atoms with van der Waals surface area (Å²) >= 11 is 3.72. The first kappa shape index (κ1) is 14.3. The average molecular weight is 317 g/mol. The number of hydrogen-bond donors (Lipinski definition) is 0. The predicted octanol–water partition coefficient (Wildman–Crippen LogP) is 2.50. The van der Waals surface area contributed by atoms with Gasteiger partial charge >= 0.3 is 0 Å². The van der Waals surface area contributed by atoms with Crippen molar-refractivity contribution in [2.45, 2.75) is 39.0 Å². The zero-order valence-electron chi connectivity index (χ0n) is 11.5. The Morgan fingerprint density at radius 3 is 2.44 bits per heavy atom. The minimum atomic E-state index is 0.230. The van der Waals surface area contributed by atoms with Gasteiger partial charge in [0.1, 0.15) is 0 Å². The topological polar surface area (TPSA) is 23.6 Å². The molecule has 2 fully saturated rings. The molecule has 0 radical (unpaired) electrons. The van der Waals surface area contributed by atoms with E-state index in [-0.39, 0.29) is 5.91 Å². The van der Waals surface area contributed by atoms with Crippen LogP contribution in [0.25, 0.3) is 0 Å². The van der Waals surface area contributed by atoms with Crippen LogP contribution in [0.1, 0.15) is 39.0 Å². The van der Waals surface area contributed by atoms with Crippen LogP contribution in [0.5, 0.6) is 0 Å². The van der Waals surface area contributed by atoms with E-state index in [0.717, 1.165) is 37.9 Å². The lowest BCUT2D eigenvalue weighted by Gasteiger charge is -2.33. The van der Waals surface area contributed by atoms with E-state index in [1.165, 1.54) is 32.2 Å². The first-order valence-electron chi connectivity index (χ1n) is 7.19. The Bertz CT molecular complexity index is 290. The van der Waals surface area contributed by atoms with Crippen LogP contribution in [0.3, 0.4) is 0 Å². The van der Waals surface area contributed by atoms with Gasteiger partial charge in [-0.2, -0.15) is 0 Å². The maximum atomic E-state index is 11.4. The van der Waals surface area contributed by atoms with Crippen LogP contribution < -0.4 is 0 Å². The summed E-state index contributed by atoms with van der Waals surface area (Å²) in [4.78, 5) is 16.0. The number of amides is 1. The summed E-state index contributed by atoms with van der Waals surface area (Å²) < 4.78 is 0. The van der Waals surface area contributed by atoms with E-state index >= 15 is 0 Å². The molecule has 2 rings (SSSR count). The second-order valence-electron chi connectivity index (χ2n) is 5.98. The molecule has 1 aliphatic heterocycles. The first-order chi connectivity index (χ1) is 8.65. The highest BCUT2D eigenvalue weighted by molar-refractivity contribution is 9.09. The molecule has 1 saturated heterocycles. The maximum Gasteiger partial charge on any atom is 0.219 e. The van der Waals surface area contributed by atoms with Crippen molar-refractivity contribution in [3.05, 3.63) is 0 Å². The van der Waals surface area contributed by atoms with Crippen molar-refractivity contribution in [1.82, 2.24) is 9.80 Å². The number of carbonyl (C=O) groups is 1. The molecule has 0 bridgehead atoms. The van der Waals surface area contributed by atoms with Gasteiger partial charge in [0.15, 0.2) is 0 Å². The molecule has 0 spiro atoms. The molecular formula is C14H25BrN2O. The molecule has 1 heterocycles. The van der Waals surface area contributed by atoms with Gasteiger partial charge in [-0.15, -0.1) is 0 Å². The quantitative estimate of drug-likeness (QED) is 0.747. The molecule has 3 nitrogen and oxygen atoms in total. The van der Waals surface area contributed by atoms with Crippen LogP contribution in [0.4, 0.5) is 0 Å². The molecule has 2 aliphatic rings. The summed E-state index contributed by atoms with van der Waals surface area (Å²) in [6.07, 6.45) is 6.63. The van der Waals surface area contributed by atoms with Gasteiger partial charge in [-0.3, -0.25) is 4.79 Å². The Morgan fingerprint density at radius 1 is 1.11 bits per heavy atom. The number of halogens is 1. The molecule has 1 saturated carbocycles. The average Bonchev–Trinajstić information content (AvgIpc) is 2.69. The fourth-order valence-electron chi connectivity index (χ4n) is 3.38. The highest BCUT2D eigenvalue weighted by Gasteiger charge is 2.34. The van der Waals surface area contributed by atoms with Crippen molar-refractivity contribution >= 4 is 21.8 Å². The second kappa shape index (κ2) is 6.38. The third kappa shape index (κ3) is 3.47. The SMILES string of the molecule is CC(=O)N1CCCN(CC2(CBr)CCCC2)CC1. The summed E-state index contributed by atoms with van der Waals surface area (Å²) in [6, 6.07) is 0. The molecule has 104 valence electrons. The number of alkyl halides is 1. The van der Waals surface area contributed by atoms with Crippen molar-refractivity contribution in [3.63, 3.8) is 0 Å². The molecule has 0 aromatic heterocycles. The number of nitrogens with zero attached hydrogens (tertiary/aromatic N) is 2. The zero-order chi connectivity index (χ0) is 13.0. The minimum absolute atomic E-state index is 0.230. The maximum absolute atomic E-state index is 11.4. The predicted molar refractivity (Wildman–Crippen MR) is 78.0 cm³/mol. The highest BCUT2D eigenvalue weighted by Crippen LogP contribution is 2.40. The van der Waals surface area contributed by atoms with E-state index in [1.807, 2.05) is 4.90 Å². The largest absolute Gasteiger partial charge is 0.342 e. The van der Waals surface area contributed by atoms with E-state index in [0.29, 0.717) is 5.41 Å². The summed E-state index contributed by atoms with van der Waals surface area (Å²) in [5.41, 5.74) is 0.505. The number of carbonyl (C=O) groups excluding carboxylic acids is 1. The fourth-order valence-corrected chi connectivity index (χ4v) is 4.12. The van der Waals surface area contributed by atoms with E-state index in [4.69, 9.17) is 0 Å². The second-order valence-corrected chi connectivity index (χ2v) is 6.54. The molecule has 0 unspecified atom stereocenters. The molecule has 0 aromatic rings. The van der Waals surface area contributed by atoms with Crippen LogP contribution in [-0.2, 0) is 4.79 Å².